The molecule has 72 valence electrons. The first-order chi connectivity index (χ1) is 6.00. The summed E-state index contributed by atoms with van der Waals surface area (Å²) in [7, 11) is 0. The van der Waals surface area contributed by atoms with E-state index in [2.05, 4.69) is 33.8 Å². The van der Waals surface area contributed by atoms with Gasteiger partial charge < -0.3 is 0 Å². The zero-order valence-electron chi connectivity index (χ0n) is 8.92. The molecule has 1 nitrogen and oxygen atoms in total. The molecule has 0 spiro atoms. The van der Waals surface area contributed by atoms with Crippen molar-refractivity contribution in [3.05, 3.63) is 23.3 Å². The molecule has 0 aromatic heterocycles. The summed E-state index contributed by atoms with van der Waals surface area (Å²) in [5.41, 5.74) is 2.47. The number of carbonyl (C=O) groups excluding carboxylic acids is 1. The Kier molecular flexibility index (Phi) is 3.07. The van der Waals surface area contributed by atoms with Crippen molar-refractivity contribution in [3.8, 4) is 0 Å². The maximum Gasteiger partial charge on any atom is 0.156 e. The molecule has 0 aliphatic heterocycles. The molecule has 0 heterocycles. The quantitative estimate of drug-likeness (QED) is 0.603. The van der Waals surface area contributed by atoms with Crippen molar-refractivity contribution in [2.75, 3.05) is 0 Å². The van der Waals surface area contributed by atoms with E-state index in [1.165, 1.54) is 11.1 Å². The molecule has 13 heavy (non-hydrogen) atoms. The van der Waals surface area contributed by atoms with Crippen LogP contribution in [0.3, 0.4) is 0 Å². The predicted octanol–water partition coefficient (Wildman–Crippen LogP) is 3.12. The highest BCUT2D eigenvalue weighted by Gasteiger charge is 2.15. The lowest BCUT2D eigenvalue weighted by Gasteiger charge is -2.10. The Labute approximate surface area is 80.5 Å². The molecular weight excluding hydrogens is 160 g/mol. The minimum atomic E-state index is 0.268. The lowest BCUT2D eigenvalue weighted by molar-refractivity contribution is -0.115. The largest absolute Gasteiger partial charge is 0.295 e. The number of ketones is 1. The summed E-state index contributed by atoms with van der Waals surface area (Å²) in [5, 5.41) is 0. The van der Waals surface area contributed by atoms with E-state index in [0.717, 1.165) is 0 Å². The fourth-order valence-corrected chi connectivity index (χ4v) is 1.87. The van der Waals surface area contributed by atoms with Gasteiger partial charge in [-0.3, -0.25) is 4.79 Å². The van der Waals surface area contributed by atoms with E-state index in [1.807, 2.05) is 6.08 Å². The average molecular weight is 178 g/mol. The summed E-state index contributed by atoms with van der Waals surface area (Å²) >= 11 is 0. The zero-order valence-corrected chi connectivity index (χ0v) is 8.92. The fraction of sp³-hybridized carbons (Fsp3) is 0.583. The van der Waals surface area contributed by atoms with Gasteiger partial charge in [-0.1, -0.05) is 32.4 Å². The van der Waals surface area contributed by atoms with Crippen molar-refractivity contribution < 1.29 is 4.79 Å². The van der Waals surface area contributed by atoms with Crippen molar-refractivity contribution in [1.82, 2.24) is 0 Å². The molecule has 0 aromatic carbocycles. The molecule has 0 amide bonds. The van der Waals surface area contributed by atoms with Crippen LogP contribution >= 0.6 is 0 Å². The SMILES string of the molecule is CC1=CC(C)CC(=O)C=C1C(C)C. The predicted molar refractivity (Wildman–Crippen MR) is 55.5 cm³/mol. The number of hydrogen-bond acceptors (Lipinski definition) is 1. The van der Waals surface area contributed by atoms with Crippen molar-refractivity contribution >= 4 is 5.78 Å². The van der Waals surface area contributed by atoms with Gasteiger partial charge in [-0.15, -0.1) is 0 Å². The van der Waals surface area contributed by atoms with Crippen LogP contribution in [0.4, 0.5) is 0 Å². The highest BCUT2D eigenvalue weighted by atomic mass is 16.1. The van der Waals surface area contributed by atoms with Crippen molar-refractivity contribution in [1.29, 1.82) is 0 Å². The molecule has 0 aromatic rings. The average Bonchev–Trinajstić information content (AvgIpc) is 2.09. The summed E-state index contributed by atoms with van der Waals surface area (Å²) in [6, 6.07) is 0. The molecule has 0 saturated carbocycles. The number of rotatable bonds is 1. The Hall–Kier alpha value is -0.850. The topological polar surface area (TPSA) is 17.1 Å². The minimum absolute atomic E-state index is 0.268. The van der Waals surface area contributed by atoms with Crippen LogP contribution in [0.5, 0.6) is 0 Å². The second kappa shape index (κ2) is 3.91. The van der Waals surface area contributed by atoms with Crippen molar-refractivity contribution in [2.45, 2.75) is 34.1 Å². The van der Waals surface area contributed by atoms with Gasteiger partial charge in [-0.05, 0) is 30.4 Å². The third-order valence-electron chi connectivity index (χ3n) is 2.45. The summed E-state index contributed by atoms with van der Waals surface area (Å²) in [4.78, 5) is 11.4. The smallest absolute Gasteiger partial charge is 0.156 e. The zero-order chi connectivity index (χ0) is 10.0. The Bertz CT molecular complexity index is 269. The molecule has 1 heteroatoms. The molecule has 0 N–H and O–H groups in total. The molecule has 0 radical (unpaired) electrons. The molecule has 0 saturated heterocycles. The van der Waals surface area contributed by atoms with Crippen molar-refractivity contribution in [3.63, 3.8) is 0 Å². The van der Waals surface area contributed by atoms with Crippen LogP contribution in [0, 0.1) is 11.8 Å². The van der Waals surface area contributed by atoms with Crippen LogP contribution in [-0.2, 0) is 4.79 Å². The molecular formula is C12H18O. The van der Waals surface area contributed by atoms with E-state index in [1.54, 1.807) is 0 Å². The first-order valence-electron chi connectivity index (χ1n) is 4.94. The van der Waals surface area contributed by atoms with E-state index in [-0.39, 0.29) is 5.78 Å². The van der Waals surface area contributed by atoms with E-state index in [0.29, 0.717) is 18.3 Å². The number of allylic oxidation sites excluding steroid dienone is 4. The van der Waals surface area contributed by atoms with E-state index >= 15 is 0 Å². The fourth-order valence-electron chi connectivity index (χ4n) is 1.87. The van der Waals surface area contributed by atoms with Gasteiger partial charge >= 0.3 is 0 Å². The van der Waals surface area contributed by atoms with Gasteiger partial charge in [0.05, 0.1) is 0 Å². The van der Waals surface area contributed by atoms with Gasteiger partial charge in [0.1, 0.15) is 0 Å². The first kappa shape index (κ1) is 10.2. The summed E-state index contributed by atoms with van der Waals surface area (Å²) in [5.74, 6) is 1.11. The van der Waals surface area contributed by atoms with E-state index in [9.17, 15) is 4.79 Å². The molecule has 0 bridgehead atoms. The van der Waals surface area contributed by atoms with Crippen LogP contribution in [-0.4, -0.2) is 5.78 Å². The van der Waals surface area contributed by atoms with Gasteiger partial charge in [0.15, 0.2) is 5.78 Å². The molecule has 1 rings (SSSR count). The summed E-state index contributed by atoms with van der Waals surface area (Å²) in [6.07, 6.45) is 4.68. The Morgan fingerprint density at radius 1 is 1.46 bits per heavy atom. The second-order valence-electron chi connectivity index (χ2n) is 4.25. The summed E-state index contributed by atoms with van der Waals surface area (Å²) < 4.78 is 0. The second-order valence-corrected chi connectivity index (χ2v) is 4.25. The third-order valence-corrected chi connectivity index (χ3v) is 2.45. The van der Waals surface area contributed by atoms with Crippen LogP contribution in [0.15, 0.2) is 23.3 Å². The van der Waals surface area contributed by atoms with Gasteiger partial charge in [-0.2, -0.15) is 0 Å². The van der Waals surface area contributed by atoms with E-state index < -0.39 is 0 Å². The number of carbonyl (C=O) groups is 1. The lowest BCUT2D eigenvalue weighted by atomic mass is 9.95. The Morgan fingerprint density at radius 3 is 2.62 bits per heavy atom. The Balaban J connectivity index is 3.01. The van der Waals surface area contributed by atoms with Crippen LogP contribution in [0.25, 0.3) is 0 Å². The first-order valence-corrected chi connectivity index (χ1v) is 4.94. The van der Waals surface area contributed by atoms with Gasteiger partial charge in [-0.25, -0.2) is 0 Å². The normalized spacial score (nSPS) is 24.1. The minimum Gasteiger partial charge on any atom is -0.295 e. The van der Waals surface area contributed by atoms with Gasteiger partial charge in [0.25, 0.3) is 0 Å². The maximum atomic E-state index is 11.4. The van der Waals surface area contributed by atoms with Crippen LogP contribution < -0.4 is 0 Å². The standard InChI is InChI=1S/C12H18O/c1-8(2)12-7-11(13)6-9(3)5-10(12)4/h5,7-9H,6H2,1-4H3. The molecule has 0 fully saturated rings. The van der Waals surface area contributed by atoms with E-state index in [4.69, 9.17) is 0 Å². The van der Waals surface area contributed by atoms with Gasteiger partial charge in [0, 0.05) is 6.42 Å². The molecule has 1 unspecified atom stereocenters. The highest BCUT2D eigenvalue weighted by molar-refractivity contribution is 5.91. The maximum absolute atomic E-state index is 11.4. The molecule has 1 aliphatic rings. The molecule has 1 aliphatic carbocycles. The van der Waals surface area contributed by atoms with Crippen LogP contribution in [0.1, 0.15) is 34.1 Å². The third kappa shape index (κ3) is 2.55. The summed E-state index contributed by atoms with van der Waals surface area (Å²) in [6.45, 7) is 8.46. The van der Waals surface area contributed by atoms with Crippen LogP contribution in [0.2, 0.25) is 0 Å². The highest BCUT2D eigenvalue weighted by Crippen LogP contribution is 2.25. The number of hydrogen-bond donors (Lipinski definition) is 0. The Morgan fingerprint density at radius 2 is 2.08 bits per heavy atom. The lowest BCUT2D eigenvalue weighted by Crippen LogP contribution is -1.99. The monoisotopic (exact) mass is 178 g/mol. The molecule has 1 atom stereocenters. The van der Waals surface area contributed by atoms with Crippen molar-refractivity contribution in [2.24, 2.45) is 11.8 Å². The van der Waals surface area contributed by atoms with Gasteiger partial charge in [0.2, 0.25) is 0 Å².